The third kappa shape index (κ3) is 4.56. The Balaban J connectivity index is 1.39. The predicted molar refractivity (Wildman–Crippen MR) is 130 cm³/mol. The highest BCUT2D eigenvalue weighted by molar-refractivity contribution is 5.89. The molecule has 5 aromatic rings. The normalized spacial score (nSPS) is 10.7. The maximum absolute atomic E-state index is 12.8. The molecule has 0 bridgehead atoms. The second-order valence-corrected chi connectivity index (χ2v) is 7.71. The summed E-state index contributed by atoms with van der Waals surface area (Å²) in [6.45, 7) is 1.89. The van der Waals surface area contributed by atoms with Crippen LogP contribution in [0.25, 0.3) is 33.6 Å². The molecular formula is C26H21N7O. The molecule has 5 rings (SSSR count). The lowest BCUT2D eigenvalue weighted by atomic mass is 10.0. The third-order valence-electron chi connectivity index (χ3n) is 5.26. The molecule has 0 radical (unpaired) electrons. The molecule has 8 heteroatoms. The summed E-state index contributed by atoms with van der Waals surface area (Å²) in [7, 11) is 0. The van der Waals surface area contributed by atoms with E-state index in [1.807, 2.05) is 79.7 Å². The van der Waals surface area contributed by atoms with Crippen LogP contribution in [-0.4, -0.2) is 35.9 Å². The quantitative estimate of drug-likeness (QED) is 0.414. The van der Waals surface area contributed by atoms with Crippen LogP contribution < -0.4 is 5.32 Å². The molecule has 1 amide bonds. The van der Waals surface area contributed by atoms with E-state index in [2.05, 4.69) is 30.6 Å². The van der Waals surface area contributed by atoms with E-state index in [9.17, 15) is 4.79 Å². The van der Waals surface area contributed by atoms with Gasteiger partial charge in [-0.25, -0.2) is 14.6 Å². The summed E-state index contributed by atoms with van der Waals surface area (Å²) in [5.41, 5.74) is 5.99. The monoisotopic (exact) mass is 447 g/mol. The lowest BCUT2D eigenvalue weighted by Crippen LogP contribution is -2.21. The molecule has 0 unspecified atom stereocenters. The number of amides is 1. The average Bonchev–Trinajstić information content (AvgIpc) is 3.29. The molecular weight excluding hydrogens is 426 g/mol. The van der Waals surface area contributed by atoms with Gasteiger partial charge in [0.05, 0.1) is 5.69 Å². The van der Waals surface area contributed by atoms with Crippen molar-refractivity contribution in [2.75, 3.05) is 5.32 Å². The van der Waals surface area contributed by atoms with Crippen LogP contribution in [0.1, 0.15) is 5.69 Å². The zero-order valence-corrected chi connectivity index (χ0v) is 18.5. The van der Waals surface area contributed by atoms with Crippen LogP contribution in [0.5, 0.6) is 0 Å². The molecule has 2 aromatic carbocycles. The number of rotatable bonds is 6. The summed E-state index contributed by atoms with van der Waals surface area (Å²) in [6, 6.07) is 23.4. The van der Waals surface area contributed by atoms with Crippen molar-refractivity contribution in [3.05, 3.63) is 97.1 Å². The van der Waals surface area contributed by atoms with E-state index in [4.69, 9.17) is 0 Å². The number of benzene rings is 2. The fourth-order valence-corrected chi connectivity index (χ4v) is 3.67. The Morgan fingerprint density at radius 1 is 0.824 bits per heavy atom. The highest BCUT2D eigenvalue weighted by atomic mass is 16.2. The molecule has 0 saturated carbocycles. The number of hydrogen-bond acceptors (Lipinski definition) is 6. The second-order valence-electron chi connectivity index (χ2n) is 7.71. The molecule has 8 nitrogen and oxygen atoms in total. The van der Waals surface area contributed by atoms with Crippen molar-refractivity contribution in [2.45, 2.75) is 13.5 Å². The molecule has 0 atom stereocenters. The van der Waals surface area contributed by atoms with Gasteiger partial charge >= 0.3 is 0 Å². The molecule has 0 saturated heterocycles. The summed E-state index contributed by atoms with van der Waals surface area (Å²) in [6.07, 6.45) is 5.11. The number of anilines is 1. The Labute approximate surface area is 196 Å². The van der Waals surface area contributed by atoms with Crippen molar-refractivity contribution in [1.82, 2.24) is 29.9 Å². The molecule has 166 valence electrons. The molecule has 0 aliphatic carbocycles. The maximum Gasteiger partial charge on any atom is 0.248 e. The maximum atomic E-state index is 12.8. The predicted octanol–water partition coefficient (Wildman–Crippen LogP) is 4.41. The molecule has 0 aliphatic heterocycles. The minimum Gasteiger partial charge on any atom is -0.293 e. The number of nitrogens with zero attached hydrogens (tertiary/aromatic N) is 6. The number of carbonyl (C=O) groups is 1. The number of pyridine rings is 1. The van der Waals surface area contributed by atoms with E-state index in [0.29, 0.717) is 5.69 Å². The lowest BCUT2D eigenvalue weighted by Gasteiger charge is -2.09. The number of aromatic nitrogens is 6. The highest BCUT2D eigenvalue weighted by Gasteiger charge is 2.19. The zero-order valence-electron chi connectivity index (χ0n) is 18.5. The SMILES string of the molecule is Cc1cc(-c2nnn(CC(=O)Nc3ncc(-c4ccccc4)cn3)c2-c2ccccc2)ccn1. The van der Waals surface area contributed by atoms with E-state index < -0.39 is 0 Å². The second kappa shape index (κ2) is 9.41. The van der Waals surface area contributed by atoms with Gasteiger partial charge in [0.2, 0.25) is 11.9 Å². The van der Waals surface area contributed by atoms with Gasteiger partial charge in [-0.2, -0.15) is 0 Å². The van der Waals surface area contributed by atoms with Gasteiger partial charge < -0.3 is 0 Å². The molecule has 0 aliphatic rings. The van der Waals surface area contributed by atoms with E-state index in [0.717, 1.165) is 33.6 Å². The van der Waals surface area contributed by atoms with Crippen LogP contribution in [0.15, 0.2) is 91.4 Å². The summed E-state index contributed by atoms with van der Waals surface area (Å²) in [5, 5.41) is 11.4. The highest BCUT2D eigenvalue weighted by Crippen LogP contribution is 2.30. The van der Waals surface area contributed by atoms with E-state index >= 15 is 0 Å². The number of hydrogen-bond donors (Lipinski definition) is 1. The fraction of sp³-hybridized carbons (Fsp3) is 0.0769. The summed E-state index contributed by atoms with van der Waals surface area (Å²) in [4.78, 5) is 25.7. The zero-order chi connectivity index (χ0) is 23.3. The lowest BCUT2D eigenvalue weighted by molar-refractivity contribution is -0.116. The van der Waals surface area contributed by atoms with Gasteiger partial charge in [-0.05, 0) is 24.6 Å². The first-order valence-electron chi connectivity index (χ1n) is 10.8. The van der Waals surface area contributed by atoms with Crippen molar-refractivity contribution in [1.29, 1.82) is 0 Å². The van der Waals surface area contributed by atoms with Gasteiger partial charge in [-0.1, -0.05) is 65.9 Å². The van der Waals surface area contributed by atoms with Crippen molar-refractivity contribution >= 4 is 11.9 Å². The molecule has 34 heavy (non-hydrogen) atoms. The van der Waals surface area contributed by atoms with Gasteiger partial charge in [-0.3, -0.25) is 15.1 Å². The van der Waals surface area contributed by atoms with Gasteiger partial charge in [0.25, 0.3) is 0 Å². The fourth-order valence-electron chi connectivity index (χ4n) is 3.67. The van der Waals surface area contributed by atoms with Gasteiger partial charge in [0.15, 0.2) is 0 Å². The van der Waals surface area contributed by atoms with Gasteiger partial charge in [-0.15, -0.1) is 5.10 Å². The largest absolute Gasteiger partial charge is 0.293 e. The van der Waals surface area contributed by atoms with Gasteiger partial charge in [0.1, 0.15) is 12.2 Å². The molecule has 0 spiro atoms. The molecule has 3 aromatic heterocycles. The molecule has 0 fully saturated rings. The first-order valence-corrected chi connectivity index (χ1v) is 10.8. The van der Waals surface area contributed by atoms with E-state index in [1.165, 1.54) is 0 Å². The van der Waals surface area contributed by atoms with Gasteiger partial charge in [0, 0.05) is 41.0 Å². The Kier molecular flexibility index (Phi) is 5.85. The standard InChI is InChI=1S/C26H21N7O/c1-18-14-21(12-13-27-18)24-25(20-10-6-3-7-11-20)33(32-31-24)17-23(34)30-26-28-15-22(16-29-26)19-8-4-2-5-9-19/h2-16H,17H2,1H3,(H,28,29,30,34). The summed E-state index contributed by atoms with van der Waals surface area (Å²) >= 11 is 0. The molecule has 1 N–H and O–H groups in total. The van der Waals surface area contributed by atoms with Crippen molar-refractivity contribution < 1.29 is 4.79 Å². The van der Waals surface area contributed by atoms with Crippen LogP contribution in [-0.2, 0) is 11.3 Å². The Morgan fingerprint density at radius 2 is 1.50 bits per heavy atom. The number of nitrogens with one attached hydrogen (secondary N) is 1. The van der Waals surface area contributed by atoms with Crippen molar-refractivity contribution in [3.63, 3.8) is 0 Å². The number of carbonyl (C=O) groups excluding carboxylic acids is 1. The van der Waals surface area contributed by atoms with E-state index in [-0.39, 0.29) is 18.4 Å². The third-order valence-corrected chi connectivity index (χ3v) is 5.26. The first-order chi connectivity index (χ1) is 16.7. The minimum absolute atomic E-state index is 0.0366. The van der Waals surface area contributed by atoms with E-state index in [1.54, 1.807) is 23.3 Å². The smallest absolute Gasteiger partial charge is 0.248 e. The Hall–Kier alpha value is -4.72. The minimum atomic E-state index is -0.299. The number of aryl methyl sites for hydroxylation is 1. The summed E-state index contributed by atoms with van der Waals surface area (Å²) < 4.78 is 1.59. The van der Waals surface area contributed by atoms with Crippen LogP contribution in [0.2, 0.25) is 0 Å². The summed E-state index contributed by atoms with van der Waals surface area (Å²) in [5.74, 6) is -0.0666. The Bertz CT molecular complexity index is 1420. The van der Waals surface area contributed by atoms with Crippen LogP contribution in [0, 0.1) is 6.92 Å². The van der Waals surface area contributed by atoms with Crippen molar-refractivity contribution in [3.8, 4) is 33.6 Å². The molecule has 3 heterocycles. The van der Waals surface area contributed by atoms with Crippen LogP contribution in [0.3, 0.4) is 0 Å². The topological polar surface area (TPSA) is 98.5 Å². The first kappa shape index (κ1) is 21.1. The van der Waals surface area contributed by atoms with Crippen LogP contribution in [0.4, 0.5) is 5.95 Å². The Morgan fingerprint density at radius 3 is 2.18 bits per heavy atom. The van der Waals surface area contributed by atoms with Crippen LogP contribution >= 0.6 is 0 Å². The van der Waals surface area contributed by atoms with Crippen molar-refractivity contribution in [2.24, 2.45) is 0 Å². The average molecular weight is 448 g/mol.